The van der Waals surface area contributed by atoms with Gasteiger partial charge in [-0.15, -0.1) is 0 Å². The molecule has 1 N–H and O–H groups in total. The molecule has 0 amide bonds. The first-order valence-corrected chi connectivity index (χ1v) is 8.89. The lowest BCUT2D eigenvalue weighted by molar-refractivity contribution is -0.145. The van der Waals surface area contributed by atoms with E-state index in [9.17, 15) is 14.7 Å². The number of Topliss-reactive ketones (excluding diaryl/α,β-unsaturated/α-hetero) is 1. The van der Waals surface area contributed by atoms with Gasteiger partial charge in [-0.3, -0.25) is 4.79 Å². The van der Waals surface area contributed by atoms with E-state index in [1.165, 1.54) is 6.07 Å². The molecule has 2 aliphatic rings. The van der Waals surface area contributed by atoms with Crippen LogP contribution in [0.3, 0.4) is 0 Å². The molecule has 0 atom stereocenters. The number of carbonyl (C=O) groups excluding carboxylic acids is 2. The zero-order chi connectivity index (χ0) is 18.0. The number of aromatic hydroxyl groups is 1. The number of fused-ring (bicyclic) bond motifs is 1. The van der Waals surface area contributed by atoms with Gasteiger partial charge in [0.05, 0.1) is 13.0 Å². The topological polar surface area (TPSA) is 82.1 Å². The number of phenols is 1. The number of hydrogen-bond donors (Lipinski definition) is 1. The van der Waals surface area contributed by atoms with Gasteiger partial charge in [-0.25, -0.2) is 4.79 Å². The zero-order valence-electron chi connectivity index (χ0n) is 14.1. The zero-order valence-corrected chi connectivity index (χ0v) is 14.9. The van der Waals surface area contributed by atoms with Crippen molar-refractivity contribution in [3.8, 4) is 17.2 Å². The van der Waals surface area contributed by atoms with Crippen molar-refractivity contribution >= 4 is 23.4 Å². The van der Waals surface area contributed by atoms with Crippen molar-refractivity contribution in [3.63, 3.8) is 0 Å². The highest BCUT2D eigenvalue weighted by Crippen LogP contribution is 2.50. The maximum absolute atomic E-state index is 12.6. The third kappa shape index (κ3) is 3.54. The summed E-state index contributed by atoms with van der Waals surface area (Å²) < 4.78 is 16.3. The molecule has 7 heteroatoms. The van der Waals surface area contributed by atoms with Crippen molar-refractivity contribution in [2.75, 3.05) is 13.2 Å². The standard InChI is InChI=1S/C18H21ClO6/c1-2-23-14(22)10-24-13-8-11(20)15-12(21)9-18(6-4-3-5-7-18)25-17(15)16(13)19/h8,20H,2-7,9-10H2,1H3. The highest BCUT2D eigenvalue weighted by molar-refractivity contribution is 6.34. The van der Waals surface area contributed by atoms with Gasteiger partial charge in [0.25, 0.3) is 0 Å². The van der Waals surface area contributed by atoms with Gasteiger partial charge in [0.15, 0.2) is 18.1 Å². The van der Waals surface area contributed by atoms with E-state index in [1.54, 1.807) is 6.92 Å². The summed E-state index contributed by atoms with van der Waals surface area (Å²) in [5, 5.41) is 10.3. The van der Waals surface area contributed by atoms with E-state index < -0.39 is 11.6 Å². The van der Waals surface area contributed by atoms with Crippen LogP contribution < -0.4 is 9.47 Å². The molecule has 1 aliphatic heterocycles. The number of esters is 1. The maximum Gasteiger partial charge on any atom is 0.344 e. The molecule has 0 radical (unpaired) electrons. The number of ketones is 1. The lowest BCUT2D eigenvalue weighted by Gasteiger charge is -2.41. The van der Waals surface area contributed by atoms with Crippen LogP contribution in [0.4, 0.5) is 0 Å². The second kappa shape index (κ2) is 7.12. The molecule has 136 valence electrons. The van der Waals surface area contributed by atoms with Gasteiger partial charge in [-0.1, -0.05) is 18.0 Å². The van der Waals surface area contributed by atoms with Gasteiger partial charge in [0.1, 0.15) is 27.7 Å². The van der Waals surface area contributed by atoms with E-state index in [0.29, 0.717) is 0 Å². The average molecular weight is 369 g/mol. The SMILES string of the molecule is CCOC(=O)COc1cc(O)c2c(c1Cl)OC1(CCCCC1)CC2=O. The Bertz CT molecular complexity index is 693. The molecule has 1 aliphatic carbocycles. The number of hydrogen-bond acceptors (Lipinski definition) is 6. The monoisotopic (exact) mass is 368 g/mol. The fourth-order valence-corrected chi connectivity index (χ4v) is 3.76. The predicted octanol–water partition coefficient (Wildman–Crippen LogP) is 3.66. The van der Waals surface area contributed by atoms with Gasteiger partial charge < -0.3 is 19.3 Å². The van der Waals surface area contributed by atoms with Gasteiger partial charge in [-0.2, -0.15) is 0 Å². The van der Waals surface area contributed by atoms with E-state index in [0.717, 1.165) is 32.1 Å². The minimum Gasteiger partial charge on any atom is -0.507 e. The molecule has 3 rings (SSSR count). The summed E-state index contributed by atoms with van der Waals surface area (Å²) >= 11 is 6.36. The Balaban J connectivity index is 1.90. The summed E-state index contributed by atoms with van der Waals surface area (Å²) in [7, 11) is 0. The van der Waals surface area contributed by atoms with Gasteiger partial charge in [-0.05, 0) is 32.6 Å². The largest absolute Gasteiger partial charge is 0.507 e. The Morgan fingerprint density at radius 1 is 1.36 bits per heavy atom. The van der Waals surface area contributed by atoms with E-state index >= 15 is 0 Å². The first-order valence-electron chi connectivity index (χ1n) is 8.52. The lowest BCUT2D eigenvalue weighted by atomic mass is 9.78. The number of phenolic OH excluding ortho intramolecular Hbond substituents is 1. The molecule has 0 bridgehead atoms. The van der Waals surface area contributed by atoms with Crippen molar-refractivity contribution in [2.24, 2.45) is 0 Å². The predicted molar refractivity (Wildman–Crippen MR) is 90.6 cm³/mol. The summed E-state index contributed by atoms with van der Waals surface area (Å²) in [5.41, 5.74) is -0.470. The quantitative estimate of drug-likeness (QED) is 0.817. The van der Waals surface area contributed by atoms with Crippen LogP contribution >= 0.6 is 11.6 Å². The van der Waals surface area contributed by atoms with Crippen LogP contribution in [0.2, 0.25) is 5.02 Å². The smallest absolute Gasteiger partial charge is 0.344 e. The van der Waals surface area contributed by atoms with E-state index in [4.69, 9.17) is 25.8 Å². The first-order chi connectivity index (χ1) is 12.0. The Hall–Kier alpha value is -1.95. The third-order valence-corrected chi connectivity index (χ3v) is 5.02. The fourth-order valence-electron chi connectivity index (χ4n) is 3.52. The summed E-state index contributed by atoms with van der Waals surface area (Å²) in [6, 6.07) is 1.24. The molecule has 1 spiro atoms. The van der Waals surface area contributed by atoms with Crippen LogP contribution in [0, 0.1) is 0 Å². The van der Waals surface area contributed by atoms with E-state index in [2.05, 4.69) is 0 Å². The summed E-state index contributed by atoms with van der Waals surface area (Å²) in [6.45, 7) is 1.59. The Morgan fingerprint density at radius 3 is 2.76 bits per heavy atom. The molecule has 1 aromatic carbocycles. The summed E-state index contributed by atoms with van der Waals surface area (Å²) in [5.74, 6) is -0.741. The second-order valence-corrected chi connectivity index (χ2v) is 6.83. The van der Waals surface area contributed by atoms with E-state index in [-0.39, 0.29) is 53.3 Å². The highest BCUT2D eigenvalue weighted by Gasteiger charge is 2.44. The minimum absolute atomic E-state index is 0.0877. The molecule has 1 aromatic rings. The molecule has 25 heavy (non-hydrogen) atoms. The van der Waals surface area contributed by atoms with Crippen molar-refractivity contribution in [1.82, 2.24) is 0 Å². The summed E-state index contributed by atoms with van der Waals surface area (Å²) in [6.07, 6.45) is 4.91. The second-order valence-electron chi connectivity index (χ2n) is 6.45. The van der Waals surface area contributed by atoms with Crippen molar-refractivity contribution in [1.29, 1.82) is 0 Å². The molecule has 6 nitrogen and oxygen atoms in total. The fraction of sp³-hybridized carbons (Fsp3) is 0.556. The molecule has 1 saturated carbocycles. The van der Waals surface area contributed by atoms with Gasteiger partial charge >= 0.3 is 5.97 Å². The molecular weight excluding hydrogens is 348 g/mol. The van der Waals surface area contributed by atoms with Gasteiger partial charge in [0, 0.05) is 6.07 Å². The lowest BCUT2D eigenvalue weighted by Crippen LogP contribution is -2.43. The Morgan fingerprint density at radius 2 is 2.08 bits per heavy atom. The molecule has 0 unspecified atom stereocenters. The van der Waals surface area contributed by atoms with Crippen LogP contribution in [0.5, 0.6) is 17.2 Å². The Labute approximate surface area is 151 Å². The maximum atomic E-state index is 12.6. The minimum atomic E-state index is -0.557. The van der Waals surface area contributed by atoms with Crippen LogP contribution in [-0.2, 0) is 9.53 Å². The normalized spacial score (nSPS) is 18.4. The van der Waals surface area contributed by atoms with Crippen LogP contribution in [0.1, 0.15) is 55.8 Å². The molecule has 0 aromatic heterocycles. The number of halogens is 1. The molecule has 0 saturated heterocycles. The van der Waals surface area contributed by atoms with Crippen LogP contribution in [0.25, 0.3) is 0 Å². The van der Waals surface area contributed by atoms with Crippen molar-refractivity contribution in [3.05, 3.63) is 16.7 Å². The van der Waals surface area contributed by atoms with E-state index in [1.807, 2.05) is 0 Å². The number of benzene rings is 1. The number of ether oxygens (including phenoxy) is 3. The molecule has 1 fully saturated rings. The van der Waals surface area contributed by atoms with Gasteiger partial charge in [0.2, 0.25) is 0 Å². The van der Waals surface area contributed by atoms with Crippen molar-refractivity contribution in [2.45, 2.75) is 51.0 Å². The summed E-state index contributed by atoms with van der Waals surface area (Å²) in [4.78, 5) is 24.0. The number of rotatable bonds is 4. The first kappa shape index (κ1) is 17.9. The van der Waals surface area contributed by atoms with Crippen LogP contribution in [0.15, 0.2) is 6.07 Å². The Kier molecular flexibility index (Phi) is 5.08. The number of carbonyl (C=O) groups is 2. The third-order valence-electron chi connectivity index (χ3n) is 4.66. The van der Waals surface area contributed by atoms with Crippen LogP contribution in [-0.4, -0.2) is 35.7 Å². The average Bonchev–Trinajstić information content (AvgIpc) is 2.57. The molecule has 1 heterocycles. The molecular formula is C18H21ClO6. The van der Waals surface area contributed by atoms with Crippen molar-refractivity contribution < 1.29 is 28.9 Å². The highest BCUT2D eigenvalue weighted by atomic mass is 35.5.